The number of amides is 3. The highest BCUT2D eigenvalue weighted by atomic mass is 32.2. The summed E-state index contributed by atoms with van der Waals surface area (Å²) >= 11 is 6.17. The standard InChI is InChI=1S/C16H15N3O4S2/c1-9(20)17-7-12-8-19(16(22)23-12)11-4-2-10(3-5-11)6-13-14(21)18-15(24)25-13/h2-6,12H,7-8H2,1H3,(H,17,20)(H,18,21,24)/t12-/m0/s1. The molecular weight excluding hydrogens is 362 g/mol. The van der Waals surface area contributed by atoms with Crippen LogP contribution in [0.3, 0.4) is 0 Å². The van der Waals surface area contributed by atoms with Gasteiger partial charge in [-0.05, 0) is 23.8 Å². The van der Waals surface area contributed by atoms with Gasteiger partial charge in [0, 0.05) is 12.6 Å². The highest BCUT2D eigenvalue weighted by Gasteiger charge is 2.32. The van der Waals surface area contributed by atoms with Crippen LogP contribution in [0.5, 0.6) is 0 Å². The number of cyclic esters (lactones) is 1. The third-order valence-electron chi connectivity index (χ3n) is 3.60. The number of hydrogen-bond acceptors (Lipinski definition) is 6. The Morgan fingerprint density at radius 3 is 2.76 bits per heavy atom. The van der Waals surface area contributed by atoms with Crippen LogP contribution in [0.2, 0.25) is 0 Å². The van der Waals surface area contributed by atoms with Crippen molar-refractivity contribution in [3.05, 3.63) is 34.7 Å². The van der Waals surface area contributed by atoms with Gasteiger partial charge >= 0.3 is 6.09 Å². The van der Waals surface area contributed by atoms with E-state index in [0.717, 1.165) is 5.56 Å². The van der Waals surface area contributed by atoms with Gasteiger partial charge in [-0.15, -0.1) is 0 Å². The molecular formula is C16H15N3O4S2. The lowest BCUT2D eigenvalue weighted by molar-refractivity contribution is -0.119. The maximum absolute atomic E-state index is 12.0. The molecule has 2 N–H and O–H groups in total. The number of benzene rings is 1. The number of carbonyl (C=O) groups is 3. The Morgan fingerprint density at radius 2 is 2.16 bits per heavy atom. The Bertz CT molecular complexity index is 776. The van der Waals surface area contributed by atoms with Crippen LogP contribution in [-0.4, -0.2) is 41.4 Å². The maximum Gasteiger partial charge on any atom is 0.414 e. The van der Waals surface area contributed by atoms with Gasteiger partial charge in [0.15, 0.2) is 0 Å². The maximum atomic E-state index is 12.0. The minimum absolute atomic E-state index is 0.166. The van der Waals surface area contributed by atoms with Gasteiger partial charge in [-0.2, -0.15) is 0 Å². The van der Waals surface area contributed by atoms with Gasteiger partial charge in [0.1, 0.15) is 10.4 Å². The summed E-state index contributed by atoms with van der Waals surface area (Å²) in [5.74, 6) is -0.372. The minimum Gasteiger partial charge on any atom is -0.442 e. The molecule has 1 aromatic rings. The van der Waals surface area contributed by atoms with E-state index < -0.39 is 6.09 Å². The largest absolute Gasteiger partial charge is 0.442 e. The van der Waals surface area contributed by atoms with Gasteiger partial charge in [0.2, 0.25) is 5.91 Å². The van der Waals surface area contributed by atoms with E-state index in [1.54, 1.807) is 18.2 Å². The molecule has 0 aliphatic carbocycles. The summed E-state index contributed by atoms with van der Waals surface area (Å²) in [7, 11) is 0. The van der Waals surface area contributed by atoms with Crippen molar-refractivity contribution in [2.45, 2.75) is 13.0 Å². The van der Waals surface area contributed by atoms with Crippen LogP contribution >= 0.6 is 24.0 Å². The first kappa shape index (κ1) is 17.4. The number of thiocarbonyl (C=S) groups is 1. The monoisotopic (exact) mass is 377 g/mol. The Kier molecular flexibility index (Phi) is 5.05. The molecule has 2 aliphatic rings. The van der Waals surface area contributed by atoms with Crippen LogP contribution in [-0.2, 0) is 14.3 Å². The molecule has 7 nitrogen and oxygen atoms in total. The lowest BCUT2D eigenvalue weighted by Crippen LogP contribution is -2.33. The van der Waals surface area contributed by atoms with Crippen molar-refractivity contribution < 1.29 is 19.1 Å². The van der Waals surface area contributed by atoms with Crippen molar-refractivity contribution >= 4 is 58.0 Å². The first-order valence-electron chi connectivity index (χ1n) is 7.50. The molecule has 2 aliphatic heterocycles. The smallest absolute Gasteiger partial charge is 0.414 e. The summed E-state index contributed by atoms with van der Waals surface area (Å²) in [6.07, 6.45) is 0.917. The summed E-state index contributed by atoms with van der Waals surface area (Å²) in [5.41, 5.74) is 1.52. The number of hydrogen-bond donors (Lipinski definition) is 2. The average molecular weight is 377 g/mol. The number of ether oxygens (including phenoxy) is 1. The van der Waals surface area contributed by atoms with E-state index in [1.165, 1.54) is 23.6 Å². The Labute approximate surface area is 153 Å². The third-order valence-corrected chi connectivity index (χ3v) is 4.76. The molecule has 0 aromatic heterocycles. The van der Waals surface area contributed by atoms with Gasteiger partial charge in [0.05, 0.1) is 18.0 Å². The normalized spacial score (nSPS) is 21.5. The molecule has 0 bridgehead atoms. The Hall–Kier alpha value is -2.39. The predicted octanol–water partition coefficient (Wildman–Crippen LogP) is 1.64. The zero-order valence-corrected chi connectivity index (χ0v) is 14.9. The van der Waals surface area contributed by atoms with E-state index in [2.05, 4.69) is 10.6 Å². The molecule has 0 unspecified atom stereocenters. The van der Waals surface area contributed by atoms with Crippen LogP contribution < -0.4 is 15.5 Å². The summed E-state index contributed by atoms with van der Waals surface area (Å²) in [6, 6.07) is 7.19. The fourth-order valence-electron chi connectivity index (χ4n) is 2.42. The quantitative estimate of drug-likeness (QED) is 0.613. The second kappa shape index (κ2) is 7.24. The second-order valence-electron chi connectivity index (χ2n) is 5.50. The fraction of sp³-hybridized carbons (Fsp3) is 0.250. The van der Waals surface area contributed by atoms with E-state index >= 15 is 0 Å². The van der Waals surface area contributed by atoms with Crippen molar-refractivity contribution in [1.29, 1.82) is 0 Å². The number of rotatable bonds is 4. The summed E-state index contributed by atoms with van der Waals surface area (Å²) in [4.78, 5) is 36.6. The molecule has 3 rings (SSSR count). The molecule has 9 heteroatoms. The molecule has 25 heavy (non-hydrogen) atoms. The topological polar surface area (TPSA) is 87.7 Å². The van der Waals surface area contributed by atoms with Crippen molar-refractivity contribution in [3.63, 3.8) is 0 Å². The Morgan fingerprint density at radius 1 is 1.44 bits per heavy atom. The van der Waals surface area contributed by atoms with Gasteiger partial charge in [0.25, 0.3) is 5.91 Å². The molecule has 0 spiro atoms. The van der Waals surface area contributed by atoms with E-state index in [0.29, 0.717) is 21.5 Å². The number of carbonyl (C=O) groups excluding carboxylic acids is 3. The molecule has 1 atom stereocenters. The zero-order valence-electron chi connectivity index (χ0n) is 13.3. The number of nitrogens with one attached hydrogen (secondary N) is 2. The minimum atomic E-state index is -0.447. The van der Waals surface area contributed by atoms with E-state index in [-0.39, 0.29) is 24.5 Å². The highest BCUT2D eigenvalue weighted by molar-refractivity contribution is 8.26. The molecule has 2 saturated heterocycles. The molecule has 1 aromatic carbocycles. The van der Waals surface area contributed by atoms with Gasteiger partial charge in [-0.1, -0.05) is 36.1 Å². The predicted molar refractivity (Wildman–Crippen MR) is 99.0 cm³/mol. The van der Waals surface area contributed by atoms with Gasteiger partial charge < -0.3 is 15.4 Å². The van der Waals surface area contributed by atoms with Crippen LogP contribution in [0.15, 0.2) is 29.2 Å². The molecule has 0 radical (unpaired) electrons. The summed E-state index contributed by atoms with van der Waals surface area (Å²) in [5, 5.41) is 5.20. The first-order valence-corrected chi connectivity index (χ1v) is 8.72. The van der Waals surface area contributed by atoms with Crippen molar-refractivity contribution in [2.24, 2.45) is 0 Å². The SMILES string of the molecule is CC(=O)NC[C@H]1CN(c2ccc(C=C3SC(=S)NC3=O)cc2)C(=O)O1. The molecule has 0 saturated carbocycles. The fourth-order valence-corrected chi connectivity index (χ4v) is 3.46. The van der Waals surface area contributed by atoms with Crippen molar-refractivity contribution in [3.8, 4) is 0 Å². The molecule has 3 amide bonds. The highest BCUT2D eigenvalue weighted by Crippen LogP contribution is 2.27. The number of anilines is 1. The lowest BCUT2D eigenvalue weighted by atomic mass is 10.1. The molecule has 2 heterocycles. The molecule has 2 fully saturated rings. The first-order chi connectivity index (χ1) is 11.9. The zero-order chi connectivity index (χ0) is 18.0. The van der Waals surface area contributed by atoms with Gasteiger partial charge in [-0.25, -0.2) is 4.79 Å². The second-order valence-corrected chi connectivity index (χ2v) is 7.22. The number of thioether (sulfide) groups is 1. The van der Waals surface area contributed by atoms with Gasteiger partial charge in [-0.3, -0.25) is 14.5 Å². The Balaban J connectivity index is 1.67. The van der Waals surface area contributed by atoms with Crippen LogP contribution in [0.25, 0.3) is 6.08 Å². The van der Waals surface area contributed by atoms with E-state index in [9.17, 15) is 14.4 Å². The van der Waals surface area contributed by atoms with E-state index in [4.69, 9.17) is 17.0 Å². The summed E-state index contributed by atoms with van der Waals surface area (Å²) < 4.78 is 5.67. The van der Waals surface area contributed by atoms with Crippen LogP contribution in [0, 0.1) is 0 Å². The molecule has 130 valence electrons. The van der Waals surface area contributed by atoms with E-state index in [1.807, 2.05) is 12.1 Å². The van der Waals surface area contributed by atoms with Crippen molar-refractivity contribution in [2.75, 3.05) is 18.0 Å². The third kappa shape index (κ3) is 4.18. The summed E-state index contributed by atoms with van der Waals surface area (Å²) in [6.45, 7) is 2.07. The van der Waals surface area contributed by atoms with Crippen LogP contribution in [0.4, 0.5) is 10.5 Å². The average Bonchev–Trinajstić information content (AvgIpc) is 3.08. The van der Waals surface area contributed by atoms with Crippen molar-refractivity contribution in [1.82, 2.24) is 10.6 Å². The van der Waals surface area contributed by atoms with Crippen LogP contribution in [0.1, 0.15) is 12.5 Å². The lowest BCUT2D eigenvalue weighted by Gasteiger charge is -2.13. The number of nitrogens with zero attached hydrogens (tertiary/aromatic N) is 1.